The topological polar surface area (TPSA) is 46.2 Å². The maximum atomic E-state index is 11.9. The molecular weight excluding hydrogens is 391 g/mol. The summed E-state index contributed by atoms with van der Waals surface area (Å²) in [5, 5.41) is 0.339. The van der Waals surface area contributed by atoms with Crippen molar-refractivity contribution in [2.75, 3.05) is 12.3 Å². The van der Waals surface area contributed by atoms with Gasteiger partial charge in [-0.3, -0.25) is 0 Å². The van der Waals surface area contributed by atoms with Crippen molar-refractivity contribution in [3.05, 3.63) is 27.7 Å². The number of hydrogen-bond donors (Lipinski definition) is 1. The summed E-state index contributed by atoms with van der Waals surface area (Å²) < 4.78 is 61.6. The molecule has 10 heteroatoms. The molecule has 0 spiro atoms. The molecule has 0 atom stereocenters. The Morgan fingerprint density at radius 1 is 1.37 bits per heavy atom. The number of halogens is 5. The molecule has 0 aliphatic carbocycles. The van der Waals surface area contributed by atoms with E-state index in [9.17, 15) is 21.6 Å². The van der Waals surface area contributed by atoms with Crippen LogP contribution in [-0.2, 0) is 10.0 Å². The zero-order valence-corrected chi connectivity index (χ0v) is 13.1. The number of rotatable bonds is 5. The lowest BCUT2D eigenvalue weighted by molar-refractivity contribution is -0.0327. The Morgan fingerprint density at radius 3 is 2.53 bits per heavy atom. The lowest BCUT2D eigenvalue weighted by Crippen LogP contribution is -2.26. The summed E-state index contributed by atoms with van der Waals surface area (Å²) in [6, 6.07) is 3.93. The maximum absolute atomic E-state index is 11.9. The van der Waals surface area contributed by atoms with Crippen LogP contribution in [0.3, 0.4) is 0 Å². The minimum absolute atomic E-state index is 0.0687. The zero-order chi connectivity index (χ0) is 14.7. The molecular formula is C9H8BrClF3NO2S2. The molecule has 1 aromatic rings. The van der Waals surface area contributed by atoms with Crippen molar-refractivity contribution >= 4 is 49.3 Å². The van der Waals surface area contributed by atoms with Gasteiger partial charge in [-0.1, -0.05) is 11.6 Å². The van der Waals surface area contributed by atoms with E-state index in [1.165, 1.54) is 18.2 Å². The molecule has 0 aromatic heterocycles. The molecule has 0 amide bonds. The number of sulfonamides is 1. The molecule has 0 fully saturated rings. The van der Waals surface area contributed by atoms with Crippen LogP contribution in [0, 0.1) is 0 Å². The van der Waals surface area contributed by atoms with E-state index in [4.69, 9.17) is 11.6 Å². The van der Waals surface area contributed by atoms with Gasteiger partial charge in [0.15, 0.2) is 0 Å². The van der Waals surface area contributed by atoms with Crippen LogP contribution in [-0.4, -0.2) is 26.2 Å². The third-order valence-corrected chi connectivity index (χ3v) is 5.27. The van der Waals surface area contributed by atoms with Crippen molar-refractivity contribution in [1.82, 2.24) is 4.72 Å². The van der Waals surface area contributed by atoms with Gasteiger partial charge in [-0.25, -0.2) is 13.1 Å². The summed E-state index contributed by atoms with van der Waals surface area (Å²) in [5.41, 5.74) is -4.37. The first-order valence-electron chi connectivity index (χ1n) is 4.77. The van der Waals surface area contributed by atoms with E-state index in [2.05, 4.69) is 20.7 Å². The molecule has 19 heavy (non-hydrogen) atoms. The minimum Gasteiger partial charge on any atom is -0.210 e. The fraction of sp³-hybridized carbons (Fsp3) is 0.333. The van der Waals surface area contributed by atoms with Crippen LogP contribution in [0.25, 0.3) is 0 Å². The molecule has 3 nitrogen and oxygen atoms in total. The van der Waals surface area contributed by atoms with Gasteiger partial charge >= 0.3 is 5.51 Å². The van der Waals surface area contributed by atoms with Crippen LogP contribution in [0.2, 0.25) is 5.02 Å². The lowest BCUT2D eigenvalue weighted by atomic mass is 10.4. The lowest BCUT2D eigenvalue weighted by Gasteiger charge is -2.08. The predicted octanol–water partition coefficient (Wildman–Crippen LogP) is 3.63. The second-order valence-corrected chi connectivity index (χ2v) is 7.46. The summed E-state index contributed by atoms with van der Waals surface area (Å²) in [6.07, 6.45) is 0. The Kier molecular flexibility index (Phi) is 5.99. The predicted molar refractivity (Wildman–Crippen MR) is 72.9 cm³/mol. The van der Waals surface area contributed by atoms with Gasteiger partial charge < -0.3 is 0 Å². The molecule has 0 heterocycles. The first-order valence-corrected chi connectivity index (χ1v) is 8.41. The Hall–Kier alpha value is 0.0400. The van der Waals surface area contributed by atoms with E-state index in [1.807, 2.05) is 0 Å². The third-order valence-electron chi connectivity index (χ3n) is 1.86. The fourth-order valence-electron chi connectivity index (χ4n) is 1.07. The van der Waals surface area contributed by atoms with E-state index in [-0.39, 0.29) is 23.2 Å². The number of hydrogen-bond acceptors (Lipinski definition) is 3. The second kappa shape index (κ2) is 6.66. The first-order chi connectivity index (χ1) is 8.62. The summed E-state index contributed by atoms with van der Waals surface area (Å²) in [5.74, 6) is -0.391. The first kappa shape index (κ1) is 17.1. The average molecular weight is 399 g/mol. The quantitative estimate of drug-likeness (QED) is 0.771. The molecule has 0 bridgehead atoms. The van der Waals surface area contributed by atoms with Crippen molar-refractivity contribution in [2.45, 2.75) is 10.4 Å². The Morgan fingerprint density at radius 2 is 2.00 bits per heavy atom. The Labute approximate surface area is 126 Å². The van der Waals surface area contributed by atoms with E-state index in [0.29, 0.717) is 9.50 Å². The van der Waals surface area contributed by atoms with Crippen LogP contribution >= 0.6 is 39.3 Å². The van der Waals surface area contributed by atoms with Gasteiger partial charge in [0.25, 0.3) is 0 Å². The van der Waals surface area contributed by atoms with Crippen LogP contribution in [0.1, 0.15) is 0 Å². The van der Waals surface area contributed by atoms with E-state index in [0.717, 1.165) is 0 Å². The maximum Gasteiger partial charge on any atom is 0.441 e. The van der Waals surface area contributed by atoms with Crippen LogP contribution < -0.4 is 4.72 Å². The highest BCUT2D eigenvalue weighted by atomic mass is 79.9. The van der Waals surface area contributed by atoms with Gasteiger partial charge in [0.05, 0.1) is 9.92 Å². The van der Waals surface area contributed by atoms with Gasteiger partial charge in [0.2, 0.25) is 10.0 Å². The molecule has 1 rings (SSSR count). The van der Waals surface area contributed by atoms with Crippen LogP contribution in [0.15, 0.2) is 27.6 Å². The average Bonchev–Trinajstić information content (AvgIpc) is 2.27. The van der Waals surface area contributed by atoms with Crippen molar-refractivity contribution in [3.63, 3.8) is 0 Å². The van der Waals surface area contributed by atoms with E-state index < -0.39 is 21.3 Å². The number of thioether (sulfide) groups is 1. The smallest absolute Gasteiger partial charge is 0.210 e. The monoisotopic (exact) mass is 397 g/mol. The normalized spacial score (nSPS) is 12.7. The number of benzene rings is 1. The molecule has 1 N–H and O–H groups in total. The van der Waals surface area contributed by atoms with Gasteiger partial charge in [-0.2, -0.15) is 13.2 Å². The molecule has 0 unspecified atom stereocenters. The Balaban J connectivity index is 2.63. The zero-order valence-electron chi connectivity index (χ0n) is 9.17. The molecule has 1 aromatic carbocycles. The van der Waals surface area contributed by atoms with E-state index in [1.54, 1.807) is 0 Å². The van der Waals surface area contributed by atoms with Gasteiger partial charge in [0.1, 0.15) is 0 Å². The van der Waals surface area contributed by atoms with Crippen molar-refractivity contribution in [1.29, 1.82) is 0 Å². The fourth-order valence-corrected chi connectivity index (χ4v) is 3.34. The highest BCUT2D eigenvalue weighted by molar-refractivity contribution is 9.10. The molecule has 0 saturated heterocycles. The van der Waals surface area contributed by atoms with Gasteiger partial charge in [0, 0.05) is 16.8 Å². The van der Waals surface area contributed by atoms with Crippen molar-refractivity contribution < 1.29 is 21.6 Å². The third kappa shape index (κ3) is 5.90. The van der Waals surface area contributed by atoms with Crippen molar-refractivity contribution in [2.24, 2.45) is 0 Å². The van der Waals surface area contributed by atoms with Crippen LogP contribution in [0.5, 0.6) is 0 Å². The summed E-state index contributed by atoms with van der Waals surface area (Å²) in [6.45, 7) is -0.313. The molecule has 0 saturated carbocycles. The van der Waals surface area contributed by atoms with Gasteiger partial charge in [-0.05, 0) is 45.9 Å². The molecule has 0 aliphatic rings. The molecule has 0 aliphatic heterocycles. The minimum atomic E-state index is -4.37. The Bertz CT molecular complexity index is 551. The van der Waals surface area contributed by atoms with E-state index >= 15 is 0 Å². The second-order valence-electron chi connectivity index (χ2n) is 3.27. The van der Waals surface area contributed by atoms with Crippen LogP contribution in [0.4, 0.5) is 13.2 Å². The number of alkyl halides is 3. The summed E-state index contributed by atoms with van der Waals surface area (Å²) in [7, 11) is -3.84. The molecule has 108 valence electrons. The SMILES string of the molecule is O=S(=O)(NCCSC(F)(F)F)c1ccc(Cl)c(Br)c1. The largest absolute Gasteiger partial charge is 0.441 e. The van der Waals surface area contributed by atoms with Crippen molar-refractivity contribution in [3.8, 4) is 0 Å². The highest BCUT2D eigenvalue weighted by Crippen LogP contribution is 2.29. The number of nitrogens with one attached hydrogen (secondary N) is 1. The molecule has 0 radical (unpaired) electrons. The summed E-state index contributed by atoms with van der Waals surface area (Å²) in [4.78, 5) is -0.0687. The highest BCUT2D eigenvalue weighted by Gasteiger charge is 2.27. The van der Waals surface area contributed by atoms with Gasteiger partial charge in [-0.15, -0.1) is 0 Å². The standard InChI is InChI=1S/C9H8BrClF3NO2S2/c10-7-5-6(1-2-8(7)11)19(16,17)15-3-4-18-9(12,13)14/h1-2,5,15H,3-4H2. The summed E-state index contributed by atoms with van der Waals surface area (Å²) >= 11 is 8.50.